The fraction of sp³-hybridized carbons (Fsp3) is 0.667. The minimum Gasteiger partial charge on any atom is -0.325 e. The minimum absolute atomic E-state index is 0.219. The number of amides is 1. The van der Waals surface area contributed by atoms with Crippen LogP contribution >= 0.6 is 39.0 Å². The zero-order valence-corrected chi connectivity index (χ0v) is 16.1. The Morgan fingerprint density at radius 2 is 2.00 bits per heavy atom. The summed E-state index contributed by atoms with van der Waals surface area (Å²) in [6, 6.07) is 4.21. The Hall–Kier alpha value is -0.0800. The predicted molar refractivity (Wildman–Crippen MR) is 97.5 cm³/mol. The largest absolute Gasteiger partial charge is 0.325 e. The highest BCUT2D eigenvalue weighted by Gasteiger charge is 2.33. The van der Waals surface area contributed by atoms with Crippen LogP contribution in [-0.2, 0) is 4.79 Å². The van der Waals surface area contributed by atoms with Gasteiger partial charge in [-0.3, -0.25) is 4.79 Å². The molecule has 3 heterocycles. The summed E-state index contributed by atoms with van der Waals surface area (Å²) in [4.78, 5) is 20.4. The van der Waals surface area contributed by atoms with Crippen LogP contribution in [0, 0.1) is 0 Å². The van der Waals surface area contributed by atoms with Crippen molar-refractivity contribution in [2.24, 2.45) is 0 Å². The summed E-state index contributed by atoms with van der Waals surface area (Å²) in [5.74, 6) is 0.909. The van der Waals surface area contributed by atoms with Gasteiger partial charge in [-0.05, 0) is 48.1 Å². The average molecular weight is 404 g/mol. The number of hydrogen-bond acceptors (Lipinski definition) is 5. The van der Waals surface area contributed by atoms with Crippen LogP contribution in [0.25, 0.3) is 0 Å². The summed E-state index contributed by atoms with van der Waals surface area (Å²) in [7, 11) is 2.18. The third-order valence-electron chi connectivity index (χ3n) is 4.27. The van der Waals surface area contributed by atoms with Gasteiger partial charge in [-0.15, -0.1) is 23.1 Å². The van der Waals surface area contributed by atoms with Crippen LogP contribution in [0.5, 0.6) is 0 Å². The molecule has 1 aromatic heterocycles. The number of halogens is 1. The molecule has 0 saturated carbocycles. The number of carbonyl (C=O) groups is 1. The highest BCUT2D eigenvalue weighted by molar-refractivity contribution is 9.11. The van der Waals surface area contributed by atoms with E-state index in [2.05, 4.69) is 49.8 Å². The van der Waals surface area contributed by atoms with E-state index in [1.807, 2.05) is 0 Å². The number of likely N-dealkylation sites (N-methyl/N-ethyl adjacent to an activating group) is 1. The molecule has 4 nitrogen and oxygen atoms in total. The maximum Gasteiger partial charge on any atom is 0.233 e. The molecule has 7 heteroatoms. The number of piperazine rings is 1. The molecule has 1 atom stereocenters. The lowest BCUT2D eigenvalue weighted by molar-refractivity contribution is -0.128. The average Bonchev–Trinajstić information content (AvgIpc) is 3.08. The van der Waals surface area contributed by atoms with Crippen molar-refractivity contribution in [2.75, 3.05) is 52.1 Å². The van der Waals surface area contributed by atoms with E-state index < -0.39 is 0 Å². The summed E-state index contributed by atoms with van der Waals surface area (Å²) >= 11 is 7.01. The van der Waals surface area contributed by atoms with Gasteiger partial charge < -0.3 is 14.7 Å². The molecule has 0 spiro atoms. The summed E-state index contributed by atoms with van der Waals surface area (Å²) in [6.07, 6.45) is 1.07. The lowest BCUT2D eigenvalue weighted by atomic mass is 10.3. The molecule has 1 amide bonds. The molecule has 122 valence electrons. The predicted octanol–water partition coefficient (Wildman–Crippen LogP) is 2.72. The van der Waals surface area contributed by atoms with Crippen LogP contribution in [0.3, 0.4) is 0 Å². The van der Waals surface area contributed by atoms with Gasteiger partial charge >= 0.3 is 0 Å². The maximum absolute atomic E-state index is 12.2. The molecule has 2 fully saturated rings. The Morgan fingerprint density at radius 1 is 1.23 bits per heavy atom. The minimum atomic E-state index is 0.219. The van der Waals surface area contributed by atoms with Gasteiger partial charge in [0.15, 0.2) is 0 Å². The Labute approximate surface area is 149 Å². The third-order valence-corrected chi connectivity index (χ3v) is 7.34. The molecule has 0 aliphatic carbocycles. The SMILES string of the molecule is CN1CCN(CCCN2C(=O)CSC2c2ccc(Br)s2)CC1. The van der Waals surface area contributed by atoms with E-state index in [9.17, 15) is 4.79 Å². The van der Waals surface area contributed by atoms with Crippen molar-refractivity contribution >= 4 is 44.9 Å². The summed E-state index contributed by atoms with van der Waals surface area (Å²) in [5, 5.41) is 0.219. The number of rotatable bonds is 5. The lowest BCUT2D eigenvalue weighted by Gasteiger charge is -2.33. The first-order chi connectivity index (χ1) is 10.6. The topological polar surface area (TPSA) is 26.8 Å². The second-order valence-corrected chi connectivity index (χ2v) is 9.45. The van der Waals surface area contributed by atoms with Gasteiger partial charge in [-0.2, -0.15) is 0 Å². The molecule has 0 aromatic carbocycles. The van der Waals surface area contributed by atoms with Gasteiger partial charge in [-0.1, -0.05) is 0 Å². The normalized spacial score (nSPS) is 24.4. The Balaban J connectivity index is 1.50. The lowest BCUT2D eigenvalue weighted by Crippen LogP contribution is -2.45. The number of thiophene rings is 1. The molecule has 2 aliphatic heterocycles. The van der Waals surface area contributed by atoms with E-state index in [4.69, 9.17) is 0 Å². The molecule has 1 unspecified atom stereocenters. The fourth-order valence-electron chi connectivity index (χ4n) is 2.93. The molecule has 0 N–H and O–H groups in total. The van der Waals surface area contributed by atoms with Crippen molar-refractivity contribution in [3.8, 4) is 0 Å². The molecule has 0 bridgehead atoms. The summed E-state index contributed by atoms with van der Waals surface area (Å²) in [6.45, 7) is 6.59. The zero-order valence-electron chi connectivity index (χ0n) is 12.8. The second kappa shape index (κ2) is 7.66. The van der Waals surface area contributed by atoms with Crippen molar-refractivity contribution in [1.82, 2.24) is 14.7 Å². The Kier molecular flexibility index (Phi) is 5.84. The number of nitrogens with zero attached hydrogens (tertiary/aromatic N) is 3. The van der Waals surface area contributed by atoms with E-state index in [0.29, 0.717) is 5.75 Å². The van der Waals surface area contributed by atoms with Gasteiger partial charge in [0.1, 0.15) is 5.37 Å². The fourth-order valence-corrected chi connectivity index (χ4v) is 5.81. The number of thioether (sulfide) groups is 1. The van der Waals surface area contributed by atoms with Gasteiger partial charge in [0.2, 0.25) is 5.91 Å². The van der Waals surface area contributed by atoms with Crippen LogP contribution in [0.15, 0.2) is 15.9 Å². The van der Waals surface area contributed by atoms with Gasteiger partial charge in [0.25, 0.3) is 0 Å². The van der Waals surface area contributed by atoms with Crippen LogP contribution in [-0.4, -0.2) is 72.7 Å². The van der Waals surface area contributed by atoms with Crippen LogP contribution in [0.4, 0.5) is 0 Å². The van der Waals surface area contributed by atoms with Crippen LogP contribution in [0.1, 0.15) is 16.7 Å². The van der Waals surface area contributed by atoms with E-state index in [-0.39, 0.29) is 11.3 Å². The highest BCUT2D eigenvalue weighted by atomic mass is 79.9. The van der Waals surface area contributed by atoms with E-state index >= 15 is 0 Å². The Bertz CT molecular complexity index is 517. The Morgan fingerprint density at radius 3 is 2.68 bits per heavy atom. The summed E-state index contributed by atoms with van der Waals surface area (Å²) < 4.78 is 1.14. The first-order valence-corrected chi connectivity index (χ1v) is 10.4. The van der Waals surface area contributed by atoms with Crippen molar-refractivity contribution < 1.29 is 4.79 Å². The van der Waals surface area contributed by atoms with Gasteiger partial charge in [0.05, 0.1) is 9.54 Å². The van der Waals surface area contributed by atoms with Gasteiger partial charge in [0, 0.05) is 37.6 Å². The van der Waals surface area contributed by atoms with Crippen LogP contribution in [0.2, 0.25) is 0 Å². The molecular formula is C15H22BrN3OS2. The molecule has 22 heavy (non-hydrogen) atoms. The van der Waals surface area contributed by atoms with Crippen molar-refractivity contribution in [2.45, 2.75) is 11.8 Å². The highest BCUT2D eigenvalue weighted by Crippen LogP contribution is 2.42. The molecule has 0 radical (unpaired) electrons. The number of carbonyl (C=O) groups excluding carboxylic acids is 1. The van der Waals surface area contributed by atoms with Crippen LogP contribution < -0.4 is 0 Å². The summed E-state index contributed by atoms with van der Waals surface area (Å²) in [5.41, 5.74) is 0. The standard InChI is InChI=1S/C15H22BrN3OS2/c1-17-7-9-18(10-8-17)5-2-6-19-14(20)11-21-15(19)12-3-4-13(16)22-12/h3-4,15H,2,5-11H2,1H3. The second-order valence-electron chi connectivity index (χ2n) is 5.89. The number of hydrogen-bond donors (Lipinski definition) is 0. The molecule has 2 saturated heterocycles. The first kappa shape index (κ1) is 16.8. The smallest absolute Gasteiger partial charge is 0.233 e. The van der Waals surface area contributed by atoms with Gasteiger partial charge in [-0.25, -0.2) is 0 Å². The van der Waals surface area contributed by atoms with E-state index in [1.165, 1.54) is 4.88 Å². The van der Waals surface area contributed by atoms with E-state index in [0.717, 1.165) is 49.5 Å². The first-order valence-electron chi connectivity index (χ1n) is 7.71. The zero-order chi connectivity index (χ0) is 15.5. The van der Waals surface area contributed by atoms with Crippen molar-refractivity contribution in [3.05, 3.63) is 20.8 Å². The van der Waals surface area contributed by atoms with Crippen molar-refractivity contribution in [3.63, 3.8) is 0 Å². The van der Waals surface area contributed by atoms with E-state index in [1.54, 1.807) is 23.1 Å². The molecule has 3 rings (SSSR count). The monoisotopic (exact) mass is 403 g/mol. The molecule has 1 aromatic rings. The third kappa shape index (κ3) is 4.06. The quantitative estimate of drug-likeness (QED) is 0.754. The molecular weight excluding hydrogens is 382 g/mol. The maximum atomic E-state index is 12.2. The molecule has 2 aliphatic rings. The van der Waals surface area contributed by atoms with Crippen molar-refractivity contribution in [1.29, 1.82) is 0 Å².